The van der Waals surface area contributed by atoms with Gasteiger partial charge in [0.05, 0.1) is 0 Å². The monoisotopic (exact) mass is 248 g/mol. The molecule has 1 aromatic rings. The van der Waals surface area contributed by atoms with E-state index in [1.54, 1.807) is 0 Å². The molecule has 0 aliphatic carbocycles. The summed E-state index contributed by atoms with van der Waals surface area (Å²) in [5.74, 6) is 0. The molecule has 17 heavy (non-hydrogen) atoms. The Bertz CT molecular complexity index is 374. The van der Waals surface area contributed by atoms with E-state index in [4.69, 9.17) is 0 Å². The molecule has 4 nitrogen and oxygen atoms in total. The van der Waals surface area contributed by atoms with Gasteiger partial charge in [0.2, 0.25) is 0 Å². The van der Waals surface area contributed by atoms with Crippen LogP contribution in [0.5, 0.6) is 0 Å². The molecule has 0 aromatic carbocycles. The average molecular weight is 248 g/mol. The quantitative estimate of drug-likeness (QED) is 0.827. The van der Waals surface area contributed by atoms with Gasteiger partial charge in [-0.25, -0.2) is 0 Å². The number of hydrogen-bond donors (Lipinski definition) is 2. The summed E-state index contributed by atoms with van der Waals surface area (Å²) in [6.07, 6.45) is -4.37. The first-order valence-corrected chi connectivity index (χ1v) is 5.52. The SMILES string of the molecule is CC1CN(Cc2cc(C(F)(F)F)n[nH]2)CCN1. The van der Waals surface area contributed by atoms with E-state index < -0.39 is 11.9 Å². The Morgan fingerprint density at radius 1 is 1.53 bits per heavy atom. The van der Waals surface area contributed by atoms with Gasteiger partial charge in [-0.3, -0.25) is 10.00 Å². The molecule has 0 spiro atoms. The van der Waals surface area contributed by atoms with Gasteiger partial charge in [0.15, 0.2) is 5.69 Å². The highest BCUT2D eigenvalue weighted by Gasteiger charge is 2.34. The van der Waals surface area contributed by atoms with E-state index in [-0.39, 0.29) is 0 Å². The first-order valence-electron chi connectivity index (χ1n) is 5.52. The maximum atomic E-state index is 12.3. The van der Waals surface area contributed by atoms with Crippen molar-refractivity contribution in [3.63, 3.8) is 0 Å². The van der Waals surface area contributed by atoms with E-state index in [1.165, 1.54) is 0 Å². The molecule has 0 saturated carbocycles. The zero-order valence-electron chi connectivity index (χ0n) is 9.51. The Hall–Kier alpha value is -1.08. The fraction of sp³-hybridized carbons (Fsp3) is 0.700. The Kier molecular flexibility index (Phi) is 3.39. The molecular formula is C10H15F3N4. The second-order valence-corrected chi connectivity index (χ2v) is 4.37. The highest BCUT2D eigenvalue weighted by Crippen LogP contribution is 2.27. The minimum Gasteiger partial charge on any atom is -0.312 e. The van der Waals surface area contributed by atoms with Crippen molar-refractivity contribution in [1.29, 1.82) is 0 Å². The molecule has 1 saturated heterocycles. The summed E-state index contributed by atoms with van der Waals surface area (Å²) >= 11 is 0. The van der Waals surface area contributed by atoms with Gasteiger partial charge in [0, 0.05) is 37.9 Å². The molecule has 2 N–H and O–H groups in total. The summed E-state index contributed by atoms with van der Waals surface area (Å²) in [6, 6.07) is 1.45. The Balaban J connectivity index is 1.97. The molecule has 1 atom stereocenters. The van der Waals surface area contributed by atoms with Crippen LogP contribution in [0, 0.1) is 0 Å². The van der Waals surface area contributed by atoms with Gasteiger partial charge >= 0.3 is 6.18 Å². The zero-order valence-corrected chi connectivity index (χ0v) is 9.51. The van der Waals surface area contributed by atoms with Crippen molar-refractivity contribution in [2.24, 2.45) is 0 Å². The van der Waals surface area contributed by atoms with Crippen LogP contribution in [0.4, 0.5) is 13.2 Å². The summed E-state index contributed by atoms with van der Waals surface area (Å²) in [5, 5.41) is 9.00. The van der Waals surface area contributed by atoms with Crippen molar-refractivity contribution >= 4 is 0 Å². The smallest absolute Gasteiger partial charge is 0.312 e. The maximum Gasteiger partial charge on any atom is 0.435 e. The van der Waals surface area contributed by atoms with Gasteiger partial charge in [-0.1, -0.05) is 0 Å². The van der Waals surface area contributed by atoms with Crippen LogP contribution in [0.2, 0.25) is 0 Å². The van der Waals surface area contributed by atoms with Crippen molar-refractivity contribution in [2.75, 3.05) is 19.6 Å². The fourth-order valence-corrected chi connectivity index (χ4v) is 1.98. The van der Waals surface area contributed by atoms with Crippen LogP contribution in [0.25, 0.3) is 0 Å². The number of alkyl halides is 3. The van der Waals surface area contributed by atoms with Crippen LogP contribution >= 0.6 is 0 Å². The first kappa shape index (κ1) is 12.4. The molecule has 1 aliphatic heterocycles. The predicted molar refractivity (Wildman–Crippen MR) is 56.3 cm³/mol. The Labute approximate surface area is 97.2 Å². The molecule has 0 amide bonds. The standard InChI is InChI=1S/C10H15F3N4/c1-7-5-17(3-2-14-7)6-8-4-9(16-15-8)10(11,12)13/h4,7,14H,2-3,5-6H2,1H3,(H,15,16). The summed E-state index contributed by atoms with van der Waals surface area (Å²) in [4.78, 5) is 2.11. The van der Waals surface area contributed by atoms with Crippen LogP contribution in [0.15, 0.2) is 6.07 Å². The molecule has 1 aliphatic rings. The van der Waals surface area contributed by atoms with Crippen LogP contribution in [0.3, 0.4) is 0 Å². The average Bonchev–Trinajstić information content (AvgIpc) is 2.65. The van der Waals surface area contributed by atoms with E-state index in [2.05, 4.69) is 27.3 Å². The lowest BCUT2D eigenvalue weighted by molar-refractivity contribution is -0.141. The number of rotatable bonds is 2. The first-order chi connectivity index (χ1) is 7.95. The molecule has 7 heteroatoms. The third kappa shape index (κ3) is 3.19. The maximum absolute atomic E-state index is 12.3. The summed E-state index contributed by atoms with van der Waals surface area (Å²) in [5.41, 5.74) is -0.345. The van der Waals surface area contributed by atoms with Crippen molar-refractivity contribution in [3.8, 4) is 0 Å². The van der Waals surface area contributed by atoms with Crippen molar-refractivity contribution in [2.45, 2.75) is 25.7 Å². The minimum absolute atomic E-state index is 0.369. The van der Waals surface area contributed by atoms with Crippen molar-refractivity contribution in [3.05, 3.63) is 17.5 Å². The molecule has 0 bridgehead atoms. The second-order valence-electron chi connectivity index (χ2n) is 4.37. The normalized spacial score (nSPS) is 22.9. The lowest BCUT2D eigenvalue weighted by Gasteiger charge is -2.31. The lowest BCUT2D eigenvalue weighted by atomic mass is 10.2. The number of aromatic nitrogens is 2. The van der Waals surface area contributed by atoms with Crippen molar-refractivity contribution in [1.82, 2.24) is 20.4 Å². The highest BCUT2D eigenvalue weighted by atomic mass is 19.4. The molecule has 0 radical (unpaired) electrons. The number of piperazine rings is 1. The van der Waals surface area contributed by atoms with E-state index in [9.17, 15) is 13.2 Å². The zero-order chi connectivity index (χ0) is 12.5. The van der Waals surface area contributed by atoms with Gasteiger partial charge in [0.25, 0.3) is 0 Å². The molecule has 1 fully saturated rings. The van der Waals surface area contributed by atoms with Gasteiger partial charge in [-0.2, -0.15) is 18.3 Å². The van der Waals surface area contributed by atoms with E-state index in [0.29, 0.717) is 18.3 Å². The van der Waals surface area contributed by atoms with Crippen LogP contribution in [-0.4, -0.2) is 40.8 Å². The summed E-state index contributed by atoms with van der Waals surface area (Å²) < 4.78 is 37.0. The molecule has 96 valence electrons. The molecule has 1 unspecified atom stereocenters. The molecule has 2 rings (SSSR count). The Morgan fingerprint density at radius 2 is 2.29 bits per heavy atom. The number of nitrogens with zero attached hydrogens (tertiary/aromatic N) is 2. The van der Waals surface area contributed by atoms with E-state index >= 15 is 0 Å². The third-order valence-electron chi connectivity index (χ3n) is 2.77. The number of aromatic amines is 1. The van der Waals surface area contributed by atoms with Gasteiger partial charge in [0.1, 0.15) is 0 Å². The third-order valence-corrected chi connectivity index (χ3v) is 2.77. The topological polar surface area (TPSA) is 44.0 Å². The molecular weight excluding hydrogens is 233 g/mol. The fourth-order valence-electron chi connectivity index (χ4n) is 1.98. The molecule has 1 aromatic heterocycles. The van der Waals surface area contributed by atoms with Gasteiger partial charge in [-0.05, 0) is 13.0 Å². The second kappa shape index (κ2) is 4.66. The minimum atomic E-state index is -4.37. The number of halogens is 3. The van der Waals surface area contributed by atoms with Crippen molar-refractivity contribution < 1.29 is 13.2 Å². The summed E-state index contributed by atoms with van der Waals surface area (Å²) in [7, 11) is 0. The Morgan fingerprint density at radius 3 is 2.88 bits per heavy atom. The van der Waals surface area contributed by atoms with Gasteiger partial charge in [-0.15, -0.1) is 0 Å². The largest absolute Gasteiger partial charge is 0.435 e. The van der Waals surface area contributed by atoms with Crippen LogP contribution < -0.4 is 5.32 Å². The van der Waals surface area contributed by atoms with E-state index in [0.717, 1.165) is 25.7 Å². The number of hydrogen-bond acceptors (Lipinski definition) is 3. The highest BCUT2D eigenvalue weighted by molar-refractivity contribution is 5.11. The van der Waals surface area contributed by atoms with Crippen LogP contribution in [-0.2, 0) is 12.7 Å². The number of nitrogens with one attached hydrogen (secondary N) is 2. The van der Waals surface area contributed by atoms with Crippen LogP contribution in [0.1, 0.15) is 18.3 Å². The molecule has 2 heterocycles. The lowest BCUT2D eigenvalue weighted by Crippen LogP contribution is -2.48. The number of H-pyrrole nitrogens is 1. The predicted octanol–water partition coefficient (Wildman–Crippen LogP) is 1.22. The van der Waals surface area contributed by atoms with Gasteiger partial charge < -0.3 is 5.32 Å². The summed E-state index contributed by atoms with van der Waals surface area (Å²) in [6.45, 7) is 5.07. The van der Waals surface area contributed by atoms with E-state index in [1.807, 2.05) is 0 Å².